The van der Waals surface area contributed by atoms with Gasteiger partial charge in [0.2, 0.25) is 5.78 Å². The molecule has 2 aliphatic rings. The van der Waals surface area contributed by atoms with Crippen LogP contribution in [-0.4, -0.2) is 37.0 Å². The summed E-state index contributed by atoms with van der Waals surface area (Å²) in [6.45, 7) is 4.07. The molecule has 2 fully saturated rings. The molecule has 3 rings (SSSR count). The van der Waals surface area contributed by atoms with Crippen molar-refractivity contribution in [2.24, 2.45) is 5.41 Å². The molecule has 6 nitrogen and oxygen atoms in total. The summed E-state index contributed by atoms with van der Waals surface area (Å²) in [5.74, 6) is -2.16. The van der Waals surface area contributed by atoms with E-state index < -0.39 is 34.7 Å². The second-order valence-electron chi connectivity index (χ2n) is 5.73. The van der Waals surface area contributed by atoms with Gasteiger partial charge in [-0.1, -0.05) is 30.3 Å². The Morgan fingerprint density at radius 1 is 1.22 bits per heavy atom. The first-order valence-electron chi connectivity index (χ1n) is 7.75. The molecule has 1 aromatic rings. The van der Waals surface area contributed by atoms with E-state index in [9.17, 15) is 14.4 Å². The largest absolute Gasteiger partial charge is 0.465 e. The maximum absolute atomic E-state index is 12.6. The molecule has 1 saturated heterocycles. The lowest BCUT2D eigenvalue weighted by molar-refractivity contribution is -0.198. The van der Waals surface area contributed by atoms with Gasteiger partial charge < -0.3 is 14.8 Å². The normalized spacial score (nSPS) is 32.0. The van der Waals surface area contributed by atoms with E-state index in [1.165, 1.54) is 0 Å². The van der Waals surface area contributed by atoms with Gasteiger partial charge in [0.05, 0.1) is 12.7 Å². The molecule has 1 aromatic carbocycles. The molecule has 0 aromatic heterocycles. The number of ether oxygens (including phenoxy) is 2. The average molecular weight is 317 g/mol. The highest BCUT2D eigenvalue weighted by molar-refractivity contribution is 6.45. The highest BCUT2D eigenvalue weighted by atomic mass is 16.5. The lowest BCUT2D eigenvalue weighted by atomic mass is 9.50. The van der Waals surface area contributed by atoms with Crippen LogP contribution in [0.3, 0.4) is 0 Å². The Kier molecular flexibility index (Phi) is 3.72. The number of nitrogens with one attached hydrogen (secondary N) is 1. The van der Waals surface area contributed by atoms with Crippen molar-refractivity contribution in [1.82, 2.24) is 5.32 Å². The lowest BCUT2D eigenvalue weighted by Crippen LogP contribution is -2.72. The maximum atomic E-state index is 12.6. The minimum atomic E-state index is -1.54. The molecule has 0 unspecified atom stereocenters. The first-order chi connectivity index (χ1) is 11.0. The van der Waals surface area contributed by atoms with Crippen molar-refractivity contribution in [3.8, 4) is 0 Å². The zero-order chi connectivity index (χ0) is 16.7. The fraction of sp³-hybridized carbons (Fsp3) is 0.471. The summed E-state index contributed by atoms with van der Waals surface area (Å²) >= 11 is 0. The summed E-state index contributed by atoms with van der Waals surface area (Å²) in [5.41, 5.74) is -2.05. The highest BCUT2D eigenvalue weighted by Crippen LogP contribution is 2.61. The molecule has 122 valence electrons. The fourth-order valence-electron chi connectivity index (χ4n) is 3.81. The zero-order valence-corrected chi connectivity index (χ0v) is 13.1. The highest BCUT2D eigenvalue weighted by Gasteiger charge is 2.81. The second-order valence-corrected chi connectivity index (χ2v) is 5.73. The summed E-state index contributed by atoms with van der Waals surface area (Å²) in [6, 6.07) is 9.02. The molecule has 6 heteroatoms. The smallest absolute Gasteiger partial charge is 0.323 e. The van der Waals surface area contributed by atoms with E-state index in [2.05, 4.69) is 5.32 Å². The van der Waals surface area contributed by atoms with Gasteiger partial charge in [-0.25, -0.2) is 0 Å². The number of hydrogen-bond donors (Lipinski definition) is 1. The van der Waals surface area contributed by atoms with E-state index in [4.69, 9.17) is 9.47 Å². The number of benzene rings is 1. The molecule has 0 spiro atoms. The SMILES string of the molecule is CCOC(=O)[C@]12C[C@@H](OCC)[C@@]1(c1ccccc1)NC(=O)C2=O. The predicted molar refractivity (Wildman–Crippen MR) is 80.4 cm³/mol. The number of carbonyl (C=O) groups is 3. The van der Waals surface area contributed by atoms with E-state index in [-0.39, 0.29) is 13.0 Å². The molecule has 1 amide bonds. The van der Waals surface area contributed by atoms with Gasteiger partial charge in [-0.05, 0) is 19.4 Å². The number of amides is 1. The number of esters is 1. The Bertz CT molecular complexity index is 658. The second kappa shape index (κ2) is 5.45. The number of hydrogen-bond acceptors (Lipinski definition) is 5. The third-order valence-electron chi connectivity index (χ3n) is 4.77. The van der Waals surface area contributed by atoms with Crippen LogP contribution < -0.4 is 5.32 Å². The van der Waals surface area contributed by atoms with E-state index >= 15 is 0 Å². The number of fused-ring (bicyclic) bond motifs is 1. The molecule has 0 radical (unpaired) electrons. The van der Waals surface area contributed by atoms with Crippen LogP contribution in [0.25, 0.3) is 0 Å². The molecule has 0 bridgehead atoms. The van der Waals surface area contributed by atoms with E-state index in [0.29, 0.717) is 12.2 Å². The predicted octanol–water partition coefficient (Wildman–Crippen LogP) is 0.939. The summed E-state index contributed by atoms with van der Waals surface area (Å²) in [4.78, 5) is 37.3. The number of Topliss-reactive ketones (excluding diaryl/α,β-unsaturated/α-hetero) is 1. The summed E-state index contributed by atoms with van der Waals surface area (Å²) in [7, 11) is 0. The van der Waals surface area contributed by atoms with Crippen LogP contribution in [-0.2, 0) is 29.4 Å². The van der Waals surface area contributed by atoms with Crippen LogP contribution in [0.1, 0.15) is 25.8 Å². The monoisotopic (exact) mass is 317 g/mol. The molecular formula is C17H19NO5. The standard InChI is InChI=1S/C17H19NO5/c1-3-22-12-10-16(15(21)23-4-2)13(19)14(20)18-17(12,16)11-8-6-5-7-9-11/h5-9,12H,3-4,10H2,1-2H3,(H,18,20)/t12-,16-,17-/m1/s1. The van der Waals surface area contributed by atoms with Gasteiger partial charge in [0.25, 0.3) is 5.91 Å². The van der Waals surface area contributed by atoms with Crippen LogP contribution in [0.2, 0.25) is 0 Å². The molecular weight excluding hydrogens is 298 g/mol. The molecule has 1 aliphatic heterocycles. The van der Waals surface area contributed by atoms with Crippen LogP contribution >= 0.6 is 0 Å². The lowest BCUT2D eigenvalue weighted by Gasteiger charge is -2.56. The van der Waals surface area contributed by atoms with E-state index in [1.54, 1.807) is 31.2 Å². The van der Waals surface area contributed by atoms with Crippen molar-refractivity contribution in [2.45, 2.75) is 31.9 Å². The molecule has 1 N–H and O–H groups in total. The van der Waals surface area contributed by atoms with E-state index in [1.807, 2.05) is 13.0 Å². The first-order valence-corrected chi connectivity index (χ1v) is 7.75. The Morgan fingerprint density at radius 2 is 1.91 bits per heavy atom. The topological polar surface area (TPSA) is 81.7 Å². The van der Waals surface area contributed by atoms with Crippen molar-refractivity contribution in [1.29, 1.82) is 0 Å². The van der Waals surface area contributed by atoms with Gasteiger partial charge in [-0.2, -0.15) is 0 Å². The Labute approximate surface area is 134 Å². The zero-order valence-electron chi connectivity index (χ0n) is 13.1. The van der Waals surface area contributed by atoms with Crippen LogP contribution in [0.15, 0.2) is 30.3 Å². The van der Waals surface area contributed by atoms with Crippen LogP contribution in [0.5, 0.6) is 0 Å². The Morgan fingerprint density at radius 3 is 2.52 bits per heavy atom. The summed E-state index contributed by atoms with van der Waals surface area (Å²) in [5, 5.41) is 2.73. The summed E-state index contributed by atoms with van der Waals surface area (Å²) < 4.78 is 10.9. The van der Waals surface area contributed by atoms with Crippen molar-refractivity contribution in [2.75, 3.05) is 13.2 Å². The molecule has 1 heterocycles. The molecule has 3 atom stereocenters. The molecule has 23 heavy (non-hydrogen) atoms. The van der Waals surface area contributed by atoms with Gasteiger partial charge >= 0.3 is 5.97 Å². The quantitative estimate of drug-likeness (QED) is 0.496. The van der Waals surface area contributed by atoms with Crippen molar-refractivity contribution < 1.29 is 23.9 Å². The van der Waals surface area contributed by atoms with Crippen LogP contribution in [0.4, 0.5) is 0 Å². The van der Waals surface area contributed by atoms with Crippen molar-refractivity contribution in [3.63, 3.8) is 0 Å². The van der Waals surface area contributed by atoms with Crippen molar-refractivity contribution in [3.05, 3.63) is 35.9 Å². The van der Waals surface area contributed by atoms with Gasteiger partial charge in [0.15, 0.2) is 5.41 Å². The van der Waals surface area contributed by atoms with Gasteiger partial charge in [0, 0.05) is 13.0 Å². The minimum Gasteiger partial charge on any atom is -0.465 e. The Hall–Kier alpha value is -2.21. The molecule has 1 aliphatic carbocycles. The third kappa shape index (κ3) is 1.81. The van der Waals surface area contributed by atoms with Gasteiger partial charge in [-0.15, -0.1) is 0 Å². The fourth-order valence-corrected chi connectivity index (χ4v) is 3.81. The maximum Gasteiger partial charge on any atom is 0.323 e. The van der Waals surface area contributed by atoms with E-state index in [0.717, 1.165) is 0 Å². The number of rotatable bonds is 5. The average Bonchev–Trinajstić information content (AvgIpc) is 2.72. The first kappa shape index (κ1) is 15.7. The number of ketones is 1. The molecule has 1 saturated carbocycles. The summed E-state index contributed by atoms with van der Waals surface area (Å²) in [6.07, 6.45) is -0.304. The van der Waals surface area contributed by atoms with Crippen molar-refractivity contribution >= 4 is 17.7 Å². The number of carbonyl (C=O) groups excluding carboxylic acids is 3. The van der Waals surface area contributed by atoms with Crippen LogP contribution in [0, 0.1) is 5.41 Å². The Balaban J connectivity index is 2.17. The minimum absolute atomic E-state index is 0.145. The van der Waals surface area contributed by atoms with Gasteiger partial charge in [-0.3, -0.25) is 14.4 Å². The third-order valence-corrected chi connectivity index (χ3v) is 4.77. The van der Waals surface area contributed by atoms with Gasteiger partial charge in [0.1, 0.15) is 5.54 Å².